The van der Waals surface area contributed by atoms with Gasteiger partial charge in [0.2, 0.25) is 0 Å². The Kier molecular flexibility index (Phi) is 3.68. The molecule has 0 unspecified atom stereocenters. The van der Waals surface area contributed by atoms with Gasteiger partial charge in [0.25, 0.3) is 5.75 Å². The first-order valence-electron chi connectivity index (χ1n) is 6.04. The highest BCUT2D eigenvalue weighted by Crippen LogP contribution is 2.45. The summed E-state index contributed by atoms with van der Waals surface area (Å²) in [6.45, 7) is 2.93. The summed E-state index contributed by atoms with van der Waals surface area (Å²) in [6, 6.07) is 0.827. The minimum absolute atomic E-state index is 0.00329. The summed E-state index contributed by atoms with van der Waals surface area (Å²) >= 11 is 0. The highest BCUT2D eigenvalue weighted by atomic mass is 16.6. The monoisotopic (exact) mass is 310 g/mol. The number of hydrogen-bond donors (Lipinski definition) is 1. The van der Waals surface area contributed by atoms with Crippen molar-refractivity contribution in [2.45, 2.75) is 13.8 Å². The first-order chi connectivity index (χ1) is 10.3. The van der Waals surface area contributed by atoms with Crippen molar-refractivity contribution in [3.8, 4) is 5.75 Å². The molecule has 1 N–H and O–H groups in total. The van der Waals surface area contributed by atoms with Crippen LogP contribution in [0.4, 0.5) is 11.4 Å². The zero-order valence-electron chi connectivity index (χ0n) is 11.5. The number of carbonyl (C=O) groups excluding carboxylic acids is 1. The number of furan rings is 1. The van der Waals surface area contributed by atoms with E-state index >= 15 is 0 Å². The van der Waals surface area contributed by atoms with Gasteiger partial charge in [0.15, 0.2) is 0 Å². The van der Waals surface area contributed by atoms with Gasteiger partial charge in [-0.05, 0) is 13.8 Å². The summed E-state index contributed by atoms with van der Waals surface area (Å²) in [5.74, 6) is -2.03. The lowest BCUT2D eigenvalue weighted by molar-refractivity contribution is -0.394. The first-order valence-corrected chi connectivity index (χ1v) is 6.04. The third-order valence-corrected chi connectivity index (χ3v) is 2.94. The van der Waals surface area contributed by atoms with E-state index in [0.717, 1.165) is 6.07 Å². The summed E-state index contributed by atoms with van der Waals surface area (Å²) in [5, 5.41) is 31.5. The molecule has 0 atom stereocenters. The smallest absolute Gasteiger partial charge is 0.342 e. The molecule has 116 valence electrons. The van der Waals surface area contributed by atoms with E-state index in [-0.39, 0.29) is 28.9 Å². The Bertz CT molecular complexity index is 807. The van der Waals surface area contributed by atoms with E-state index in [2.05, 4.69) is 0 Å². The lowest BCUT2D eigenvalue weighted by Crippen LogP contribution is -2.06. The van der Waals surface area contributed by atoms with E-state index < -0.39 is 32.9 Å². The van der Waals surface area contributed by atoms with Crippen molar-refractivity contribution in [3.05, 3.63) is 37.6 Å². The molecule has 0 aliphatic carbocycles. The van der Waals surface area contributed by atoms with Gasteiger partial charge < -0.3 is 14.3 Å². The predicted molar refractivity (Wildman–Crippen MR) is 71.9 cm³/mol. The molecule has 0 aliphatic rings. The third-order valence-electron chi connectivity index (χ3n) is 2.94. The second kappa shape index (κ2) is 5.31. The fourth-order valence-electron chi connectivity index (χ4n) is 2.10. The van der Waals surface area contributed by atoms with E-state index in [1.807, 2.05) is 0 Å². The van der Waals surface area contributed by atoms with E-state index in [4.69, 9.17) is 9.15 Å². The van der Waals surface area contributed by atoms with Gasteiger partial charge in [-0.2, -0.15) is 0 Å². The Morgan fingerprint density at radius 3 is 2.50 bits per heavy atom. The maximum Gasteiger partial charge on any atom is 0.342 e. The Morgan fingerprint density at radius 1 is 1.36 bits per heavy atom. The summed E-state index contributed by atoms with van der Waals surface area (Å²) in [4.78, 5) is 32.0. The maximum atomic E-state index is 11.9. The lowest BCUT2D eigenvalue weighted by Gasteiger charge is -2.02. The zero-order valence-corrected chi connectivity index (χ0v) is 11.5. The number of nitro groups is 2. The number of nitro benzene ring substituents is 2. The minimum atomic E-state index is -1.14. The number of fused-ring (bicyclic) bond motifs is 1. The van der Waals surface area contributed by atoms with Crippen molar-refractivity contribution in [2.75, 3.05) is 6.61 Å². The molecule has 10 heteroatoms. The molecule has 1 aromatic heterocycles. The molecule has 2 rings (SSSR count). The molecule has 0 radical (unpaired) electrons. The molecular formula is C12H10N2O8. The molecule has 22 heavy (non-hydrogen) atoms. The van der Waals surface area contributed by atoms with E-state index in [1.54, 1.807) is 6.92 Å². The Hall–Kier alpha value is -3.17. The van der Waals surface area contributed by atoms with Crippen LogP contribution in [0.5, 0.6) is 5.75 Å². The molecule has 1 heterocycles. The Balaban J connectivity index is 2.94. The summed E-state index contributed by atoms with van der Waals surface area (Å²) in [6.07, 6.45) is 0. The van der Waals surface area contributed by atoms with Crippen molar-refractivity contribution >= 4 is 28.3 Å². The minimum Gasteiger partial charge on any atom is -0.497 e. The van der Waals surface area contributed by atoms with Crippen LogP contribution in [0.15, 0.2) is 10.5 Å². The van der Waals surface area contributed by atoms with E-state index in [9.17, 15) is 30.1 Å². The standard InChI is InChI=1S/C12H10N2O8/c1-3-21-12(16)8-5(2)22-7-4-6(13(17)18)11(15)10(9(7)8)14(19)20/h4,15H,3H2,1-2H3. The molecule has 0 saturated heterocycles. The van der Waals surface area contributed by atoms with E-state index in [0.29, 0.717) is 0 Å². The van der Waals surface area contributed by atoms with Gasteiger partial charge in [0, 0.05) is 0 Å². The molecule has 0 fully saturated rings. The number of esters is 1. The number of phenolic OH excluding ortho intramolecular Hbond substituents is 1. The van der Waals surface area contributed by atoms with Crippen LogP contribution in [-0.2, 0) is 4.74 Å². The van der Waals surface area contributed by atoms with Crippen molar-refractivity contribution in [2.24, 2.45) is 0 Å². The molecule has 1 aromatic carbocycles. The van der Waals surface area contributed by atoms with Crippen LogP contribution >= 0.6 is 0 Å². The second-order valence-electron chi connectivity index (χ2n) is 4.23. The van der Waals surface area contributed by atoms with Gasteiger partial charge in [0.05, 0.1) is 22.5 Å². The summed E-state index contributed by atoms with van der Waals surface area (Å²) in [5.41, 5.74) is -2.35. The van der Waals surface area contributed by atoms with Crippen LogP contribution in [0, 0.1) is 27.2 Å². The third kappa shape index (κ3) is 2.20. The largest absolute Gasteiger partial charge is 0.497 e. The second-order valence-corrected chi connectivity index (χ2v) is 4.23. The summed E-state index contributed by atoms with van der Waals surface area (Å²) < 4.78 is 9.97. The molecule has 0 aliphatic heterocycles. The number of aryl methyl sites for hydroxylation is 1. The number of nitrogens with zero attached hydrogens (tertiary/aromatic N) is 2. The molecule has 10 nitrogen and oxygen atoms in total. The van der Waals surface area contributed by atoms with Crippen LogP contribution in [0.3, 0.4) is 0 Å². The first kappa shape index (κ1) is 15.2. The predicted octanol–water partition coefficient (Wildman–Crippen LogP) is 2.44. The number of benzene rings is 1. The number of hydrogen-bond acceptors (Lipinski definition) is 8. The van der Waals surface area contributed by atoms with Crippen LogP contribution in [0.25, 0.3) is 11.0 Å². The van der Waals surface area contributed by atoms with Gasteiger partial charge in [-0.15, -0.1) is 0 Å². The van der Waals surface area contributed by atoms with Crippen molar-refractivity contribution < 1.29 is 28.9 Å². The van der Waals surface area contributed by atoms with Crippen molar-refractivity contribution in [1.82, 2.24) is 0 Å². The molecule has 0 bridgehead atoms. The average molecular weight is 310 g/mol. The van der Waals surface area contributed by atoms with Gasteiger partial charge in [-0.25, -0.2) is 4.79 Å². The topological polar surface area (TPSA) is 146 Å². The van der Waals surface area contributed by atoms with Crippen LogP contribution in [0.2, 0.25) is 0 Å². The highest BCUT2D eigenvalue weighted by molar-refractivity contribution is 6.10. The van der Waals surface area contributed by atoms with Gasteiger partial charge in [-0.3, -0.25) is 20.2 Å². The molecule has 0 spiro atoms. The van der Waals surface area contributed by atoms with Crippen molar-refractivity contribution in [1.29, 1.82) is 0 Å². The average Bonchev–Trinajstić information content (AvgIpc) is 2.73. The molecule has 0 amide bonds. The van der Waals surface area contributed by atoms with Crippen LogP contribution in [0.1, 0.15) is 23.0 Å². The number of aromatic hydroxyl groups is 1. The van der Waals surface area contributed by atoms with Gasteiger partial charge in [-0.1, -0.05) is 0 Å². The van der Waals surface area contributed by atoms with Crippen LogP contribution in [-0.4, -0.2) is 27.5 Å². The zero-order chi connectivity index (χ0) is 16.6. The van der Waals surface area contributed by atoms with Gasteiger partial charge >= 0.3 is 17.3 Å². The molecule has 2 aromatic rings. The SMILES string of the molecule is CCOC(=O)c1c(C)oc2cc([N+](=O)[O-])c(O)c([N+](=O)[O-])c12. The number of rotatable bonds is 4. The number of ether oxygens (including phenoxy) is 1. The Labute approximate surface area is 122 Å². The summed E-state index contributed by atoms with van der Waals surface area (Å²) in [7, 11) is 0. The molecular weight excluding hydrogens is 300 g/mol. The number of carbonyl (C=O) groups is 1. The highest BCUT2D eigenvalue weighted by Gasteiger charge is 2.35. The fourth-order valence-corrected chi connectivity index (χ4v) is 2.10. The maximum absolute atomic E-state index is 11.9. The molecule has 0 saturated carbocycles. The van der Waals surface area contributed by atoms with Gasteiger partial charge in [0.1, 0.15) is 22.3 Å². The van der Waals surface area contributed by atoms with Crippen LogP contribution < -0.4 is 0 Å². The van der Waals surface area contributed by atoms with Crippen molar-refractivity contribution in [3.63, 3.8) is 0 Å². The lowest BCUT2D eigenvalue weighted by atomic mass is 10.1. The normalized spacial score (nSPS) is 10.6. The quantitative estimate of drug-likeness (QED) is 0.514. The Morgan fingerprint density at radius 2 is 2.00 bits per heavy atom. The van der Waals surface area contributed by atoms with E-state index in [1.165, 1.54) is 6.92 Å². The number of phenols is 1. The fraction of sp³-hybridized carbons (Fsp3) is 0.250.